The number of nitrogens with one attached hydrogen (secondary N) is 1. The van der Waals surface area contributed by atoms with E-state index in [1.165, 1.54) is 18.5 Å². The average molecular weight is 385 g/mol. The second kappa shape index (κ2) is 8.20. The van der Waals surface area contributed by atoms with Crippen molar-refractivity contribution in [3.63, 3.8) is 0 Å². The predicted molar refractivity (Wildman–Crippen MR) is 102 cm³/mol. The van der Waals surface area contributed by atoms with Gasteiger partial charge in [-0.1, -0.05) is 13.8 Å². The highest BCUT2D eigenvalue weighted by molar-refractivity contribution is 5.74. The number of aryl methyl sites for hydroxylation is 1. The SMILES string of the molecule is CC(C)[C@@H](NC(=O)N(C)Cc1cnn(-c2ccc(F)cc2)c1)c1ncnn1C. The number of amides is 2. The Morgan fingerprint density at radius 2 is 1.96 bits per heavy atom. The first kappa shape index (κ1) is 19.5. The molecule has 3 aromatic rings. The summed E-state index contributed by atoms with van der Waals surface area (Å²) in [4.78, 5) is 18.5. The van der Waals surface area contributed by atoms with Gasteiger partial charge in [0.05, 0.1) is 24.5 Å². The van der Waals surface area contributed by atoms with Crippen LogP contribution >= 0.6 is 0 Å². The molecule has 0 fully saturated rings. The lowest BCUT2D eigenvalue weighted by atomic mass is 10.0. The molecule has 3 rings (SSSR count). The van der Waals surface area contributed by atoms with Crippen molar-refractivity contribution < 1.29 is 9.18 Å². The van der Waals surface area contributed by atoms with E-state index < -0.39 is 0 Å². The molecular weight excluding hydrogens is 361 g/mol. The van der Waals surface area contributed by atoms with Crippen molar-refractivity contribution in [2.75, 3.05) is 7.05 Å². The Labute approximate surface area is 163 Å². The van der Waals surface area contributed by atoms with Gasteiger partial charge in [0.2, 0.25) is 0 Å². The minimum Gasteiger partial charge on any atom is -0.328 e. The van der Waals surface area contributed by atoms with E-state index in [-0.39, 0.29) is 23.8 Å². The molecule has 1 aromatic carbocycles. The number of urea groups is 1. The van der Waals surface area contributed by atoms with Crippen LogP contribution < -0.4 is 5.32 Å². The molecule has 0 saturated carbocycles. The molecule has 2 amide bonds. The van der Waals surface area contributed by atoms with Crippen molar-refractivity contribution in [1.82, 2.24) is 34.8 Å². The van der Waals surface area contributed by atoms with Crippen LogP contribution in [0.15, 0.2) is 43.0 Å². The molecule has 8 nitrogen and oxygen atoms in total. The summed E-state index contributed by atoms with van der Waals surface area (Å²) in [6, 6.07) is 5.61. The molecule has 9 heteroatoms. The van der Waals surface area contributed by atoms with Gasteiger partial charge in [-0.25, -0.2) is 18.9 Å². The van der Waals surface area contributed by atoms with E-state index in [0.717, 1.165) is 11.3 Å². The van der Waals surface area contributed by atoms with Gasteiger partial charge in [-0.2, -0.15) is 10.2 Å². The first-order valence-corrected chi connectivity index (χ1v) is 9.00. The lowest BCUT2D eigenvalue weighted by Gasteiger charge is -2.25. The Morgan fingerprint density at radius 3 is 2.57 bits per heavy atom. The average Bonchev–Trinajstić information content (AvgIpc) is 3.29. The Morgan fingerprint density at radius 1 is 1.25 bits per heavy atom. The summed E-state index contributed by atoms with van der Waals surface area (Å²) in [5, 5.41) is 11.4. The molecule has 2 heterocycles. The topological polar surface area (TPSA) is 80.9 Å². The van der Waals surface area contributed by atoms with Crippen LogP contribution in [0.4, 0.5) is 9.18 Å². The number of hydrogen-bond donors (Lipinski definition) is 1. The number of carbonyl (C=O) groups excluding carboxylic acids is 1. The highest BCUT2D eigenvalue weighted by Gasteiger charge is 2.24. The lowest BCUT2D eigenvalue weighted by Crippen LogP contribution is -2.41. The van der Waals surface area contributed by atoms with E-state index in [1.54, 1.807) is 46.7 Å². The third kappa shape index (κ3) is 4.36. The van der Waals surface area contributed by atoms with Crippen molar-refractivity contribution in [3.8, 4) is 5.69 Å². The first-order valence-electron chi connectivity index (χ1n) is 9.00. The number of aromatic nitrogens is 5. The normalized spacial score (nSPS) is 12.2. The van der Waals surface area contributed by atoms with Gasteiger partial charge in [-0.3, -0.25) is 4.68 Å². The number of hydrogen-bond acceptors (Lipinski definition) is 4. The second-order valence-electron chi connectivity index (χ2n) is 7.04. The molecule has 1 N–H and O–H groups in total. The summed E-state index contributed by atoms with van der Waals surface area (Å²) in [5.74, 6) is 0.567. The number of nitrogens with zero attached hydrogens (tertiary/aromatic N) is 6. The molecule has 0 unspecified atom stereocenters. The summed E-state index contributed by atoms with van der Waals surface area (Å²) in [7, 11) is 3.52. The maximum atomic E-state index is 13.1. The third-order valence-electron chi connectivity index (χ3n) is 4.46. The highest BCUT2D eigenvalue weighted by Crippen LogP contribution is 2.19. The van der Waals surface area contributed by atoms with Crippen molar-refractivity contribution in [1.29, 1.82) is 0 Å². The van der Waals surface area contributed by atoms with Gasteiger partial charge in [0.25, 0.3) is 0 Å². The lowest BCUT2D eigenvalue weighted by molar-refractivity contribution is 0.197. The predicted octanol–water partition coefficient (Wildman–Crippen LogP) is 2.68. The number of rotatable bonds is 6. The second-order valence-corrected chi connectivity index (χ2v) is 7.04. The molecule has 0 aliphatic rings. The van der Waals surface area contributed by atoms with Crippen LogP contribution in [0, 0.1) is 11.7 Å². The van der Waals surface area contributed by atoms with E-state index in [0.29, 0.717) is 12.4 Å². The van der Waals surface area contributed by atoms with Crippen LogP contribution in [0.2, 0.25) is 0 Å². The zero-order chi connectivity index (χ0) is 20.3. The summed E-state index contributed by atoms with van der Waals surface area (Å²) in [6.07, 6.45) is 4.99. The van der Waals surface area contributed by atoms with E-state index in [4.69, 9.17) is 0 Å². The van der Waals surface area contributed by atoms with Crippen LogP contribution in [0.1, 0.15) is 31.3 Å². The Bertz CT molecular complexity index is 932. The van der Waals surface area contributed by atoms with E-state index in [2.05, 4.69) is 20.5 Å². The molecule has 1 atom stereocenters. The monoisotopic (exact) mass is 385 g/mol. The summed E-state index contributed by atoms with van der Waals surface area (Å²) in [6.45, 7) is 4.43. The summed E-state index contributed by atoms with van der Waals surface area (Å²) in [5.41, 5.74) is 1.61. The fraction of sp³-hybridized carbons (Fsp3) is 0.368. The molecular formula is C19H24FN7O. The highest BCUT2D eigenvalue weighted by atomic mass is 19.1. The quantitative estimate of drug-likeness (QED) is 0.707. The Hall–Kier alpha value is -3.23. The molecule has 0 aliphatic heterocycles. The maximum absolute atomic E-state index is 13.1. The zero-order valence-corrected chi connectivity index (χ0v) is 16.4. The van der Waals surface area contributed by atoms with Gasteiger partial charge in [-0.15, -0.1) is 0 Å². The Kier molecular flexibility index (Phi) is 5.72. The molecule has 148 valence electrons. The number of halogens is 1. The smallest absolute Gasteiger partial charge is 0.318 e. The summed E-state index contributed by atoms with van der Waals surface area (Å²) < 4.78 is 16.4. The molecule has 0 bridgehead atoms. The van der Waals surface area contributed by atoms with Crippen LogP contribution in [-0.2, 0) is 13.6 Å². The van der Waals surface area contributed by atoms with Gasteiger partial charge < -0.3 is 10.2 Å². The minimum absolute atomic E-state index is 0.154. The van der Waals surface area contributed by atoms with Gasteiger partial charge in [-0.05, 0) is 30.2 Å². The largest absolute Gasteiger partial charge is 0.328 e. The molecule has 0 saturated heterocycles. The van der Waals surface area contributed by atoms with E-state index in [1.807, 2.05) is 20.0 Å². The number of benzene rings is 1. The van der Waals surface area contributed by atoms with Crippen LogP contribution in [0.3, 0.4) is 0 Å². The van der Waals surface area contributed by atoms with Gasteiger partial charge in [0.1, 0.15) is 18.0 Å². The fourth-order valence-corrected chi connectivity index (χ4v) is 2.88. The van der Waals surface area contributed by atoms with Crippen molar-refractivity contribution in [2.24, 2.45) is 13.0 Å². The van der Waals surface area contributed by atoms with E-state index >= 15 is 0 Å². The fourth-order valence-electron chi connectivity index (χ4n) is 2.88. The Balaban J connectivity index is 1.65. The zero-order valence-electron chi connectivity index (χ0n) is 16.4. The third-order valence-corrected chi connectivity index (χ3v) is 4.46. The van der Waals surface area contributed by atoms with Gasteiger partial charge in [0, 0.05) is 25.9 Å². The number of carbonyl (C=O) groups is 1. The van der Waals surface area contributed by atoms with Crippen molar-refractivity contribution in [3.05, 3.63) is 60.2 Å². The van der Waals surface area contributed by atoms with Gasteiger partial charge >= 0.3 is 6.03 Å². The molecule has 0 radical (unpaired) electrons. The van der Waals surface area contributed by atoms with Crippen LogP contribution in [0.5, 0.6) is 0 Å². The van der Waals surface area contributed by atoms with Crippen molar-refractivity contribution in [2.45, 2.75) is 26.4 Å². The van der Waals surface area contributed by atoms with Gasteiger partial charge in [0.15, 0.2) is 0 Å². The van der Waals surface area contributed by atoms with Crippen LogP contribution in [-0.4, -0.2) is 42.5 Å². The standard InChI is InChI=1S/C19H24FN7O/c1-13(2)17(18-21-12-23-26(18)4)24-19(28)25(3)10-14-9-22-27(11-14)16-7-5-15(20)6-8-16/h5-9,11-13,17H,10H2,1-4H3,(H,24,28)/t17-/m1/s1. The van der Waals surface area contributed by atoms with Crippen LogP contribution in [0.25, 0.3) is 5.69 Å². The van der Waals surface area contributed by atoms with Crippen molar-refractivity contribution >= 4 is 6.03 Å². The summed E-state index contributed by atoms with van der Waals surface area (Å²) >= 11 is 0. The molecule has 0 aliphatic carbocycles. The molecule has 28 heavy (non-hydrogen) atoms. The molecule has 0 spiro atoms. The minimum atomic E-state index is -0.296. The van der Waals surface area contributed by atoms with E-state index in [9.17, 15) is 9.18 Å². The molecule has 2 aromatic heterocycles. The first-order chi connectivity index (χ1) is 13.3. The maximum Gasteiger partial charge on any atom is 0.318 e.